The van der Waals surface area contributed by atoms with Gasteiger partial charge in [-0.15, -0.1) is 0 Å². The molecule has 0 aliphatic carbocycles. The van der Waals surface area contributed by atoms with E-state index in [1.165, 1.54) is 9.80 Å². The summed E-state index contributed by atoms with van der Waals surface area (Å²) in [7, 11) is -3.54. The standard InChI is InChI=1S/C50H46N2O10Si2/c1-63(2,3)27-17-13-25(14-18-27)51(39-41(53)45(57)49(61)46(58)42(39)54)35-23-21-31-30-10-8-12-34-36(24-22-32(38(30)34)29-9-7-11-33(35)37(29)31)52(26-15-19-28(20-16-26)64(4,5)6)40-43(55)47(59)50(62)48(60)44(40)56/h7-24,53-62H,1-6H3. The molecule has 0 spiro atoms. The lowest BCUT2D eigenvalue weighted by atomic mass is 9.88. The first-order valence-electron chi connectivity index (χ1n) is 20.5. The molecule has 10 N–H and O–H groups in total. The minimum Gasteiger partial charge on any atom is -0.503 e. The Morgan fingerprint density at radius 2 is 0.562 bits per heavy atom. The summed E-state index contributed by atoms with van der Waals surface area (Å²) in [5.41, 5.74) is 1.19. The van der Waals surface area contributed by atoms with Crippen LogP contribution in [0.25, 0.3) is 43.1 Å². The van der Waals surface area contributed by atoms with E-state index in [2.05, 4.69) is 39.3 Å². The van der Waals surface area contributed by atoms with E-state index in [9.17, 15) is 51.1 Å². The van der Waals surface area contributed by atoms with Crippen molar-refractivity contribution in [1.29, 1.82) is 0 Å². The molecule has 0 bridgehead atoms. The summed E-state index contributed by atoms with van der Waals surface area (Å²) >= 11 is 0. The van der Waals surface area contributed by atoms with Gasteiger partial charge in [0.15, 0.2) is 23.0 Å². The predicted octanol–water partition coefficient (Wildman–Crippen LogP) is 10.8. The smallest absolute Gasteiger partial charge is 0.208 e. The first-order chi connectivity index (χ1) is 30.2. The average Bonchev–Trinajstić information content (AvgIpc) is 3.28. The molecule has 0 fully saturated rings. The van der Waals surface area contributed by atoms with Gasteiger partial charge in [-0.2, -0.15) is 0 Å². The minimum atomic E-state index is -1.77. The Bertz CT molecular complexity index is 3060. The Hall–Kier alpha value is -7.69. The number of fused-ring (bicyclic) bond motifs is 2. The lowest BCUT2D eigenvalue weighted by Gasteiger charge is -2.31. The van der Waals surface area contributed by atoms with Crippen LogP contribution in [0.1, 0.15) is 0 Å². The predicted molar refractivity (Wildman–Crippen MR) is 260 cm³/mol. The molecule has 0 atom stereocenters. The molecule has 12 nitrogen and oxygen atoms in total. The third-order valence-electron chi connectivity index (χ3n) is 12.2. The van der Waals surface area contributed by atoms with Crippen LogP contribution < -0.4 is 20.2 Å². The van der Waals surface area contributed by atoms with Crippen LogP contribution in [0.15, 0.2) is 109 Å². The fourth-order valence-electron chi connectivity index (χ4n) is 8.84. The van der Waals surface area contributed by atoms with E-state index in [0.717, 1.165) is 42.7 Å². The van der Waals surface area contributed by atoms with Crippen molar-refractivity contribution in [3.05, 3.63) is 109 Å². The number of benzene rings is 9. The van der Waals surface area contributed by atoms with Crippen LogP contribution in [0.4, 0.5) is 34.1 Å². The number of aromatic hydroxyl groups is 10. The Morgan fingerprint density at radius 1 is 0.297 bits per heavy atom. The Kier molecular flexibility index (Phi) is 9.40. The first kappa shape index (κ1) is 41.7. The minimum absolute atomic E-state index is 0.354. The molecule has 0 amide bonds. The zero-order valence-electron chi connectivity index (χ0n) is 35.8. The molecular weight excluding hydrogens is 845 g/mol. The molecule has 0 radical (unpaired) electrons. The van der Waals surface area contributed by atoms with Crippen molar-refractivity contribution in [2.24, 2.45) is 0 Å². The molecule has 324 valence electrons. The molecule has 14 heteroatoms. The van der Waals surface area contributed by atoms with Gasteiger partial charge in [-0.1, -0.05) is 122 Å². The van der Waals surface area contributed by atoms with E-state index in [1.54, 1.807) is 0 Å². The van der Waals surface area contributed by atoms with Crippen molar-refractivity contribution in [1.82, 2.24) is 0 Å². The number of nitrogens with zero attached hydrogens (tertiary/aromatic N) is 2. The van der Waals surface area contributed by atoms with Crippen LogP contribution in [0, 0.1) is 0 Å². The molecule has 0 aliphatic rings. The summed E-state index contributed by atoms with van der Waals surface area (Å²) in [5.74, 6) is -9.56. The third kappa shape index (κ3) is 6.16. The van der Waals surface area contributed by atoms with Gasteiger partial charge < -0.3 is 60.9 Å². The van der Waals surface area contributed by atoms with Gasteiger partial charge in [0, 0.05) is 22.1 Å². The van der Waals surface area contributed by atoms with Crippen molar-refractivity contribution < 1.29 is 51.1 Å². The zero-order chi connectivity index (χ0) is 45.9. The highest BCUT2D eigenvalue weighted by Gasteiger charge is 2.33. The van der Waals surface area contributed by atoms with Gasteiger partial charge in [0.05, 0.1) is 27.5 Å². The van der Waals surface area contributed by atoms with Gasteiger partial charge in [0.25, 0.3) is 0 Å². The second kappa shape index (κ2) is 14.4. The van der Waals surface area contributed by atoms with E-state index in [1.807, 2.05) is 109 Å². The van der Waals surface area contributed by atoms with Gasteiger partial charge in [-0.3, -0.25) is 0 Å². The summed E-state index contributed by atoms with van der Waals surface area (Å²) in [4.78, 5) is 3.07. The number of hydrogen-bond donors (Lipinski definition) is 10. The Morgan fingerprint density at radius 3 is 0.859 bits per heavy atom. The average molecular weight is 891 g/mol. The van der Waals surface area contributed by atoms with Crippen molar-refractivity contribution >= 4 is 104 Å². The topological polar surface area (TPSA) is 209 Å². The molecule has 0 saturated heterocycles. The van der Waals surface area contributed by atoms with Gasteiger partial charge in [0.1, 0.15) is 11.4 Å². The largest absolute Gasteiger partial charge is 0.503 e. The summed E-state index contributed by atoms with van der Waals surface area (Å²) < 4.78 is 0. The lowest BCUT2D eigenvalue weighted by molar-refractivity contribution is 0.329. The first-order valence-corrected chi connectivity index (χ1v) is 27.5. The van der Waals surface area contributed by atoms with Crippen molar-refractivity contribution in [2.75, 3.05) is 9.80 Å². The van der Waals surface area contributed by atoms with Crippen LogP contribution in [0.3, 0.4) is 0 Å². The Balaban J connectivity index is 1.34. The fourth-order valence-corrected chi connectivity index (χ4v) is 11.2. The Labute approximate surface area is 369 Å². The van der Waals surface area contributed by atoms with E-state index in [0.29, 0.717) is 33.5 Å². The quantitative estimate of drug-likeness (QED) is 0.0227. The molecule has 9 aromatic carbocycles. The maximum atomic E-state index is 11.4. The van der Waals surface area contributed by atoms with E-state index in [4.69, 9.17) is 0 Å². The molecule has 0 heterocycles. The van der Waals surface area contributed by atoms with Gasteiger partial charge >= 0.3 is 0 Å². The molecule has 9 rings (SSSR count). The molecule has 64 heavy (non-hydrogen) atoms. The summed E-state index contributed by atoms with van der Waals surface area (Å²) in [5, 5.41) is 118. The number of hydrogen-bond acceptors (Lipinski definition) is 12. The highest BCUT2D eigenvalue weighted by Crippen LogP contribution is 2.61. The van der Waals surface area contributed by atoms with Crippen molar-refractivity contribution in [2.45, 2.75) is 39.3 Å². The van der Waals surface area contributed by atoms with Crippen LogP contribution in [0.5, 0.6) is 57.5 Å². The van der Waals surface area contributed by atoms with Crippen molar-refractivity contribution in [3.8, 4) is 57.5 Å². The third-order valence-corrected chi connectivity index (χ3v) is 16.4. The van der Waals surface area contributed by atoms with Crippen LogP contribution in [-0.2, 0) is 0 Å². The highest BCUT2D eigenvalue weighted by atomic mass is 28.3. The zero-order valence-corrected chi connectivity index (χ0v) is 37.8. The summed E-state index contributed by atoms with van der Waals surface area (Å²) in [6.07, 6.45) is 0. The SMILES string of the molecule is C[Si](C)(C)c1ccc(N(c2c(O)c(O)c(O)c(O)c2O)c2ccc3c4cccc5c(N(c6ccc([Si](C)(C)C)cc6)c6c(O)c(O)c(O)c(O)c6O)ccc(c6cccc2c63)c54)cc1. The molecule has 0 aromatic heterocycles. The second-order valence-electron chi connectivity index (χ2n) is 18.2. The van der Waals surface area contributed by atoms with Gasteiger partial charge in [-0.25, -0.2) is 0 Å². The molecule has 9 aromatic rings. The normalized spacial score (nSPS) is 12.2. The monoisotopic (exact) mass is 890 g/mol. The highest BCUT2D eigenvalue weighted by molar-refractivity contribution is 6.89. The van der Waals surface area contributed by atoms with Crippen LogP contribution >= 0.6 is 0 Å². The van der Waals surface area contributed by atoms with E-state index >= 15 is 0 Å². The number of anilines is 6. The summed E-state index contributed by atoms with van der Waals surface area (Å²) in [6, 6.07) is 34.2. The maximum Gasteiger partial charge on any atom is 0.208 e. The number of rotatable bonds is 8. The van der Waals surface area contributed by atoms with Crippen LogP contribution in [0.2, 0.25) is 39.3 Å². The molecule has 0 aliphatic heterocycles. The molecule has 0 saturated carbocycles. The van der Waals surface area contributed by atoms with E-state index in [-0.39, 0.29) is 11.4 Å². The molecule has 0 unspecified atom stereocenters. The van der Waals surface area contributed by atoms with E-state index < -0.39 is 73.6 Å². The molecular formula is C50H46N2O10Si2. The fraction of sp³-hybridized carbons (Fsp3) is 0.120. The van der Waals surface area contributed by atoms with Gasteiger partial charge in [0.2, 0.25) is 34.5 Å². The van der Waals surface area contributed by atoms with Crippen molar-refractivity contribution in [3.63, 3.8) is 0 Å². The summed E-state index contributed by atoms with van der Waals surface area (Å²) in [6.45, 7) is 13.3. The van der Waals surface area contributed by atoms with Crippen LogP contribution in [-0.4, -0.2) is 67.2 Å². The number of phenols is 10. The number of phenolic OH excluding ortho intramolecular Hbond substituents is 10. The lowest BCUT2D eigenvalue weighted by Crippen LogP contribution is -2.37. The maximum absolute atomic E-state index is 11.4. The van der Waals surface area contributed by atoms with Gasteiger partial charge in [-0.05, 0) is 68.7 Å². The second-order valence-corrected chi connectivity index (χ2v) is 28.3.